The molecule has 1 amide bonds. The predicted molar refractivity (Wildman–Crippen MR) is 65.0 cm³/mol. The number of hydrogen-bond donors (Lipinski definition) is 1. The van der Waals surface area contributed by atoms with Crippen LogP contribution in [0.4, 0.5) is 0 Å². The standard InChI is InChI=1S/C13H16N2O3/c1-18-13(17)10-3-2-7-14-11(10)6-8-15-12(16)9-4-5-9/h2-3,7,9H,4-6,8H2,1H3,(H,15,16). The summed E-state index contributed by atoms with van der Waals surface area (Å²) in [5.41, 5.74) is 1.11. The highest BCUT2D eigenvalue weighted by Crippen LogP contribution is 2.28. The van der Waals surface area contributed by atoms with E-state index >= 15 is 0 Å². The molecule has 1 N–H and O–H groups in total. The molecule has 96 valence electrons. The van der Waals surface area contributed by atoms with Crippen molar-refractivity contribution in [3.63, 3.8) is 0 Å². The fraction of sp³-hybridized carbons (Fsp3) is 0.462. The number of ether oxygens (including phenoxy) is 1. The summed E-state index contributed by atoms with van der Waals surface area (Å²) in [5, 5.41) is 2.85. The van der Waals surface area contributed by atoms with E-state index in [4.69, 9.17) is 0 Å². The molecule has 1 aliphatic carbocycles. The molecule has 1 fully saturated rings. The van der Waals surface area contributed by atoms with Crippen molar-refractivity contribution in [2.75, 3.05) is 13.7 Å². The van der Waals surface area contributed by atoms with Crippen molar-refractivity contribution in [2.24, 2.45) is 5.92 Å². The summed E-state index contributed by atoms with van der Waals surface area (Å²) in [6.45, 7) is 0.496. The molecule has 0 atom stereocenters. The fourth-order valence-corrected chi connectivity index (χ4v) is 1.73. The number of carbonyl (C=O) groups is 2. The van der Waals surface area contributed by atoms with Crippen molar-refractivity contribution in [1.29, 1.82) is 0 Å². The lowest BCUT2D eigenvalue weighted by molar-refractivity contribution is -0.122. The van der Waals surface area contributed by atoms with Crippen LogP contribution in [-0.2, 0) is 16.0 Å². The number of hydrogen-bond acceptors (Lipinski definition) is 4. The van der Waals surface area contributed by atoms with Gasteiger partial charge in [0.2, 0.25) is 5.91 Å². The molecule has 1 aromatic heterocycles. The zero-order valence-corrected chi connectivity index (χ0v) is 10.3. The van der Waals surface area contributed by atoms with Gasteiger partial charge in [-0.1, -0.05) is 0 Å². The summed E-state index contributed by atoms with van der Waals surface area (Å²) in [6, 6.07) is 3.37. The van der Waals surface area contributed by atoms with E-state index in [1.165, 1.54) is 7.11 Å². The Morgan fingerprint density at radius 3 is 2.94 bits per heavy atom. The second kappa shape index (κ2) is 5.62. The second-order valence-corrected chi connectivity index (χ2v) is 4.30. The van der Waals surface area contributed by atoms with E-state index in [1.54, 1.807) is 18.3 Å². The van der Waals surface area contributed by atoms with Crippen molar-refractivity contribution in [1.82, 2.24) is 10.3 Å². The number of amides is 1. The van der Waals surface area contributed by atoms with Crippen LogP contribution in [0.15, 0.2) is 18.3 Å². The van der Waals surface area contributed by atoms with Crippen molar-refractivity contribution in [2.45, 2.75) is 19.3 Å². The van der Waals surface area contributed by atoms with Gasteiger partial charge in [-0.3, -0.25) is 9.78 Å². The number of carbonyl (C=O) groups excluding carboxylic acids is 2. The van der Waals surface area contributed by atoms with Crippen LogP contribution in [-0.4, -0.2) is 30.5 Å². The molecule has 0 aromatic carbocycles. The molecule has 1 aromatic rings. The predicted octanol–water partition coefficient (Wildman–Crippen LogP) is 0.937. The van der Waals surface area contributed by atoms with Gasteiger partial charge in [-0.2, -0.15) is 0 Å². The van der Waals surface area contributed by atoms with Crippen LogP contribution in [0.5, 0.6) is 0 Å². The Morgan fingerprint density at radius 1 is 1.50 bits per heavy atom. The van der Waals surface area contributed by atoms with Crippen molar-refractivity contribution < 1.29 is 14.3 Å². The largest absolute Gasteiger partial charge is 0.465 e. The summed E-state index contributed by atoms with van der Waals surface area (Å²) in [4.78, 5) is 27.1. The number of nitrogens with zero attached hydrogens (tertiary/aromatic N) is 1. The highest BCUT2D eigenvalue weighted by atomic mass is 16.5. The van der Waals surface area contributed by atoms with Crippen LogP contribution in [0.25, 0.3) is 0 Å². The number of esters is 1. The van der Waals surface area contributed by atoms with E-state index in [1.807, 2.05) is 0 Å². The Bertz CT molecular complexity index is 455. The fourth-order valence-electron chi connectivity index (χ4n) is 1.73. The monoisotopic (exact) mass is 248 g/mol. The van der Waals surface area contributed by atoms with E-state index in [9.17, 15) is 9.59 Å². The van der Waals surface area contributed by atoms with Gasteiger partial charge in [0.15, 0.2) is 0 Å². The van der Waals surface area contributed by atoms with Crippen LogP contribution in [0, 0.1) is 5.92 Å². The third-order valence-electron chi connectivity index (χ3n) is 2.90. The number of nitrogens with one attached hydrogen (secondary N) is 1. The summed E-state index contributed by atoms with van der Waals surface area (Å²) < 4.78 is 4.69. The van der Waals surface area contributed by atoms with Crippen LogP contribution >= 0.6 is 0 Å². The van der Waals surface area contributed by atoms with E-state index < -0.39 is 5.97 Å². The van der Waals surface area contributed by atoms with Crippen molar-refractivity contribution >= 4 is 11.9 Å². The van der Waals surface area contributed by atoms with Gasteiger partial charge >= 0.3 is 5.97 Å². The number of rotatable bonds is 5. The lowest BCUT2D eigenvalue weighted by Gasteiger charge is -2.07. The first-order chi connectivity index (χ1) is 8.72. The van der Waals surface area contributed by atoms with Crippen LogP contribution in [0.3, 0.4) is 0 Å². The molecule has 2 rings (SSSR count). The minimum atomic E-state index is -0.397. The molecule has 0 saturated heterocycles. The molecule has 0 bridgehead atoms. The summed E-state index contributed by atoms with van der Waals surface area (Å²) in [6.07, 6.45) is 4.14. The summed E-state index contributed by atoms with van der Waals surface area (Å²) in [7, 11) is 1.34. The van der Waals surface area contributed by atoms with Gasteiger partial charge in [0.25, 0.3) is 0 Å². The normalized spacial score (nSPS) is 14.1. The maximum Gasteiger partial charge on any atom is 0.339 e. The van der Waals surface area contributed by atoms with Gasteiger partial charge in [0.1, 0.15) is 0 Å². The average Bonchev–Trinajstić information content (AvgIpc) is 3.22. The molecule has 1 heterocycles. The molecule has 0 unspecified atom stereocenters. The van der Waals surface area contributed by atoms with Gasteiger partial charge in [-0.05, 0) is 25.0 Å². The van der Waals surface area contributed by atoms with E-state index in [0.29, 0.717) is 24.2 Å². The first-order valence-electron chi connectivity index (χ1n) is 6.02. The van der Waals surface area contributed by atoms with E-state index in [-0.39, 0.29) is 11.8 Å². The van der Waals surface area contributed by atoms with Crippen LogP contribution < -0.4 is 5.32 Å². The van der Waals surface area contributed by atoms with Crippen LogP contribution in [0.2, 0.25) is 0 Å². The molecule has 1 aliphatic rings. The third-order valence-corrected chi connectivity index (χ3v) is 2.90. The topological polar surface area (TPSA) is 68.3 Å². The molecule has 0 radical (unpaired) electrons. The Hall–Kier alpha value is -1.91. The van der Waals surface area contributed by atoms with Crippen molar-refractivity contribution in [3.05, 3.63) is 29.6 Å². The second-order valence-electron chi connectivity index (χ2n) is 4.30. The molecule has 0 aliphatic heterocycles. The Morgan fingerprint density at radius 2 is 2.28 bits per heavy atom. The molecule has 0 spiro atoms. The highest BCUT2D eigenvalue weighted by molar-refractivity contribution is 5.90. The Balaban J connectivity index is 1.91. The summed E-state index contributed by atoms with van der Waals surface area (Å²) >= 11 is 0. The third kappa shape index (κ3) is 3.06. The van der Waals surface area contributed by atoms with Gasteiger partial charge in [-0.15, -0.1) is 0 Å². The van der Waals surface area contributed by atoms with Gasteiger partial charge < -0.3 is 10.1 Å². The summed E-state index contributed by atoms with van der Waals surface area (Å²) in [5.74, 6) is -0.0917. The average molecular weight is 248 g/mol. The molecule has 1 saturated carbocycles. The minimum absolute atomic E-state index is 0.102. The number of aromatic nitrogens is 1. The van der Waals surface area contributed by atoms with Gasteiger partial charge in [0, 0.05) is 25.1 Å². The van der Waals surface area contributed by atoms with Gasteiger partial charge in [0.05, 0.1) is 18.4 Å². The minimum Gasteiger partial charge on any atom is -0.465 e. The quantitative estimate of drug-likeness (QED) is 0.787. The smallest absolute Gasteiger partial charge is 0.339 e. The van der Waals surface area contributed by atoms with Crippen molar-refractivity contribution in [3.8, 4) is 0 Å². The number of pyridine rings is 1. The zero-order chi connectivity index (χ0) is 13.0. The molecule has 18 heavy (non-hydrogen) atoms. The SMILES string of the molecule is COC(=O)c1cccnc1CCNC(=O)C1CC1. The Labute approximate surface area is 106 Å². The van der Waals surface area contributed by atoms with E-state index in [2.05, 4.69) is 15.0 Å². The molecule has 5 nitrogen and oxygen atoms in total. The molecular weight excluding hydrogens is 232 g/mol. The Kier molecular flexibility index (Phi) is 3.92. The van der Waals surface area contributed by atoms with E-state index in [0.717, 1.165) is 12.8 Å². The number of methoxy groups -OCH3 is 1. The first kappa shape index (κ1) is 12.5. The van der Waals surface area contributed by atoms with Gasteiger partial charge in [-0.25, -0.2) is 4.79 Å². The lowest BCUT2D eigenvalue weighted by Crippen LogP contribution is -2.27. The maximum atomic E-state index is 11.5. The maximum absolute atomic E-state index is 11.5. The first-order valence-corrected chi connectivity index (χ1v) is 6.02. The highest BCUT2D eigenvalue weighted by Gasteiger charge is 2.29. The molecular formula is C13H16N2O3. The zero-order valence-electron chi connectivity index (χ0n) is 10.3. The van der Waals surface area contributed by atoms with Crippen LogP contribution in [0.1, 0.15) is 28.9 Å². The molecule has 5 heteroatoms. The lowest BCUT2D eigenvalue weighted by atomic mass is 10.1.